The van der Waals surface area contributed by atoms with Crippen LogP contribution >= 0.6 is 0 Å². The highest BCUT2D eigenvalue weighted by Gasteiger charge is 2.41. The molecule has 1 aliphatic rings. The second-order valence-electron chi connectivity index (χ2n) is 7.92. The van der Waals surface area contributed by atoms with Gasteiger partial charge in [-0.25, -0.2) is 4.98 Å². The van der Waals surface area contributed by atoms with E-state index in [1.54, 1.807) is 6.92 Å². The summed E-state index contributed by atoms with van der Waals surface area (Å²) in [5.74, 6) is -0.503. The molecule has 1 aromatic heterocycles. The molecule has 168 valence electrons. The number of alkyl halides is 3. The Kier molecular flexibility index (Phi) is 6.56. The van der Waals surface area contributed by atoms with Crippen LogP contribution in [0, 0.1) is 5.92 Å². The van der Waals surface area contributed by atoms with Gasteiger partial charge in [-0.15, -0.1) is 0 Å². The first kappa shape index (κ1) is 23.0. The summed E-state index contributed by atoms with van der Waals surface area (Å²) in [6.07, 6.45) is -2.59. The van der Waals surface area contributed by atoms with Gasteiger partial charge in [0.25, 0.3) is 5.91 Å². The number of ether oxygens (including phenoxy) is 2. The van der Waals surface area contributed by atoms with Gasteiger partial charge in [0.05, 0.1) is 29.0 Å². The molecule has 3 N–H and O–H groups in total. The van der Waals surface area contributed by atoms with E-state index in [0.717, 1.165) is 25.0 Å². The van der Waals surface area contributed by atoms with E-state index in [9.17, 15) is 23.1 Å². The molecule has 1 amide bonds. The lowest BCUT2D eigenvalue weighted by molar-refractivity contribution is -0.137. The molecule has 1 aromatic carbocycles. The number of aromatic nitrogens is 1. The molecule has 6 nitrogen and oxygen atoms in total. The third kappa shape index (κ3) is 5.54. The van der Waals surface area contributed by atoms with E-state index in [1.807, 2.05) is 0 Å². The first-order chi connectivity index (χ1) is 14.5. The summed E-state index contributed by atoms with van der Waals surface area (Å²) in [7, 11) is 1.50. The van der Waals surface area contributed by atoms with Gasteiger partial charge in [-0.2, -0.15) is 13.2 Å². The Morgan fingerprint density at radius 1 is 1.23 bits per heavy atom. The number of carbonyl (C=O) groups is 1. The maximum atomic E-state index is 12.9. The number of benzene rings is 1. The number of pyridine rings is 1. The highest BCUT2D eigenvalue weighted by atomic mass is 19.4. The van der Waals surface area contributed by atoms with Crippen LogP contribution in [-0.4, -0.2) is 41.9 Å². The summed E-state index contributed by atoms with van der Waals surface area (Å²) in [4.78, 5) is 16.6. The normalized spacial score (nSPS) is 16.1. The van der Waals surface area contributed by atoms with Crippen molar-refractivity contribution >= 4 is 5.91 Å². The number of nitrogens with zero attached hydrogens (tertiary/aromatic N) is 1. The SMILES string of the molecule is COCCOc1nc(C[C@@](C)(O)C2CC2)c(C(N)=O)cc1-c1ccc(C(F)(F)F)cc1. The average molecular weight is 438 g/mol. The van der Waals surface area contributed by atoms with Crippen molar-refractivity contribution in [2.75, 3.05) is 20.3 Å². The number of hydrogen-bond donors (Lipinski definition) is 2. The van der Waals surface area contributed by atoms with E-state index in [2.05, 4.69) is 4.98 Å². The molecular formula is C22H25F3N2O4. The van der Waals surface area contributed by atoms with Crippen LogP contribution in [0.2, 0.25) is 0 Å². The number of carbonyl (C=O) groups excluding carboxylic acids is 1. The number of amides is 1. The molecule has 2 aromatic rings. The van der Waals surface area contributed by atoms with Gasteiger partial charge < -0.3 is 20.3 Å². The molecule has 0 unspecified atom stereocenters. The van der Waals surface area contributed by atoms with E-state index in [0.29, 0.717) is 11.1 Å². The number of primary amides is 1. The second kappa shape index (κ2) is 8.84. The molecule has 0 saturated heterocycles. The zero-order valence-electron chi connectivity index (χ0n) is 17.3. The van der Waals surface area contributed by atoms with Crippen molar-refractivity contribution in [1.29, 1.82) is 0 Å². The molecule has 0 aliphatic heterocycles. The Hall–Kier alpha value is -2.65. The Labute approximate surface area is 178 Å². The zero-order valence-corrected chi connectivity index (χ0v) is 17.3. The number of methoxy groups -OCH3 is 1. The van der Waals surface area contributed by atoms with Gasteiger partial charge in [0.1, 0.15) is 6.61 Å². The first-order valence-electron chi connectivity index (χ1n) is 9.88. The quantitative estimate of drug-likeness (QED) is 0.584. The predicted molar refractivity (Wildman–Crippen MR) is 108 cm³/mol. The van der Waals surface area contributed by atoms with E-state index in [4.69, 9.17) is 15.2 Å². The zero-order chi connectivity index (χ0) is 22.8. The molecule has 1 aliphatic carbocycles. The van der Waals surface area contributed by atoms with Gasteiger partial charge in [0, 0.05) is 19.1 Å². The van der Waals surface area contributed by atoms with E-state index in [-0.39, 0.29) is 42.7 Å². The van der Waals surface area contributed by atoms with E-state index >= 15 is 0 Å². The Balaban J connectivity index is 2.05. The number of hydrogen-bond acceptors (Lipinski definition) is 5. The summed E-state index contributed by atoms with van der Waals surface area (Å²) in [6, 6.07) is 5.92. The van der Waals surface area contributed by atoms with Crippen LogP contribution in [0.4, 0.5) is 13.2 Å². The van der Waals surface area contributed by atoms with Crippen LogP contribution in [-0.2, 0) is 17.3 Å². The smallest absolute Gasteiger partial charge is 0.416 e. The maximum absolute atomic E-state index is 12.9. The minimum Gasteiger partial charge on any atom is -0.475 e. The Morgan fingerprint density at radius 3 is 2.39 bits per heavy atom. The molecule has 1 fully saturated rings. The van der Waals surface area contributed by atoms with Crippen molar-refractivity contribution < 1.29 is 32.5 Å². The van der Waals surface area contributed by atoms with Crippen LogP contribution in [0.15, 0.2) is 30.3 Å². The van der Waals surface area contributed by atoms with Gasteiger partial charge in [0.2, 0.25) is 5.88 Å². The standard InChI is InChI=1S/C22H25F3N2O4/c1-21(29,14-7-8-14)12-18-17(19(26)28)11-16(20(27-18)31-10-9-30-2)13-3-5-15(6-4-13)22(23,24)25/h3-6,11,14,29H,7-10,12H2,1-2H3,(H2,26,28)/t21-/m1/s1. The molecular weight excluding hydrogens is 413 g/mol. The third-order valence-corrected chi connectivity index (χ3v) is 5.36. The van der Waals surface area contributed by atoms with Gasteiger partial charge in [-0.3, -0.25) is 4.79 Å². The number of rotatable bonds is 9. The molecule has 0 radical (unpaired) electrons. The molecule has 1 saturated carbocycles. The summed E-state index contributed by atoms with van der Waals surface area (Å²) in [6.45, 7) is 2.10. The molecule has 1 heterocycles. The number of aliphatic hydroxyl groups is 1. The molecule has 1 atom stereocenters. The number of halogens is 3. The van der Waals surface area contributed by atoms with Crippen molar-refractivity contribution in [2.45, 2.75) is 38.0 Å². The largest absolute Gasteiger partial charge is 0.475 e. The Bertz CT molecular complexity index is 939. The second-order valence-corrected chi connectivity index (χ2v) is 7.92. The van der Waals surface area contributed by atoms with Crippen molar-refractivity contribution in [1.82, 2.24) is 4.98 Å². The van der Waals surface area contributed by atoms with Gasteiger partial charge >= 0.3 is 6.18 Å². The Morgan fingerprint density at radius 2 is 1.87 bits per heavy atom. The third-order valence-electron chi connectivity index (χ3n) is 5.36. The molecule has 0 bridgehead atoms. The molecule has 3 rings (SSSR count). The lowest BCUT2D eigenvalue weighted by Gasteiger charge is -2.24. The highest BCUT2D eigenvalue weighted by Crippen LogP contribution is 2.42. The summed E-state index contributed by atoms with van der Waals surface area (Å²) >= 11 is 0. The van der Waals surface area contributed by atoms with E-state index < -0.39 is 23.2 Å². The van der Waals surface area contributed by atoms with Crippen LogP contribution in [0.1, 0.15) is 41.4 Å². The van der Waals surface area contributed by atoms with Crippen LogP contribution in [0.25, 0.3) is 11.1 Å². The molecule has 9 heteroatoms. The molecule has 31 heavy (non-hydrogen) atoms. The monoisotopic (exact) mass is 438 g/mol. The maximum Gasteiger partial charge on any atom is 0.416 e. The lowest BCUT2D eigenvalue weighted by atomic mass is 9.91. The van der Waals surface area contributed by atoms with E-state index in [1.165, 1.54) is 25.3 Å². The molecule has 0 spiro atoms. The summed E-state index contributed by atoms with van der Waals surface area (Å²) in [5.41, 5.74) is 4.79. The fourth-order valence-electron chi connectivity index (χ4n) is 3.45. The minimum absolute atomic E-state index is 0.0925. The van der Waals surface area contributed by atoms with Crippen molar-refractivity contribution in [3.8, 4) is 17.0 Å². The summed E-state index contributed by atoms with van der Waals surface area (Å²) < 4.78 is 49.5. The van der Waals surface area contributed by atoms with Crippen LogP contribution in [0.5, 0.6) is 5.88 Å². The van der Waals surface area contributed by atoms with Gasteiger partial charge in [-0.1, -0.05) is 12.1 Å². The average Bonchev–Trinajstić information content (AvgIpc) is 3.53. The fourth-order valence-corrected chi connectivity index (χ4v) is 3.45. The predicted octanol–water partition coefficient (Wildman–Crippen LogP) is 3.60. The number of nitrogens with two attached hydrogens (primary N) is 1. The highest BCUT2D eigenvalue weighted by molar-refractivity contribution is 5.95. The van der Waals surface area contributed by atoms with Crippen LogP contribution in [0.3, 0.4) is 0 Å². The fraction of sp³-hybridized carbons (Fsp3) is 0.455. The lowest BCUT2D eigenvalue weighted by Crippen LogP contribution is -2.32. The van der Waals surface area contributed by atoms with Crippen molar-refractivity contribution in [3.63, 3.8) is 0 Å². The van der Waals surface area contributed by atoms with Crippen molar-refractivity contribution in [3.05, 3.63) is 47.2 Å². The van der Waals surface area contributed by atoms with Crippen LogP contribution < -0.4 is 10.5 Å². The van der Waals surface area contributed by atoms with Gasteiger partial charge in [-0.05, 0) is 49.4 Å². The first-order valence-corrected chi connectivity index (χ1v) is 9.88. The van der Waals surface area contributed by atoms with Gasteiger partial charge in [0.15, 0.2) is 0 Å². The topological polar surface area (TPSA) is 94.7 Å². The minimum atomic E-state index is -4.47. The van der Waals surface area contributed by atoms with Crippen molar-refractivity contribution in [2.24, 2.45) is 11.7 Å². The summed E-state index contributed by atoms with van der Waals surface area (Å²) in [5, 5.41) is 10.8.